The number of aromatic nitrogens is 3. The van der Waals surface area contributed by atoms with E-state index in [-0.39, 0.29) is 0 Å². The number of pyridine rings is 1. The van der Waals surface area contributed by atoms with Gasteiger partial charge in [-0.1, -0.05) is 6.07 Å². The second-order valence-electron chi connectivity index (χ2n) is 3.76. The molecule has 0 amide bonds. The minimum absolute atomic E-state index is 0.754. The van der Waals surface area contributed by atoms with Crippen LogP contribution in [0.3, 0.4) is 0 Å². The molecule has 0 unspecified atom stereocenters. The van der Waals surface area contributed by atoms with Crippen molar-refractivity contribution < 1.29 is 0 Å². The zero-order chi connectivity index (χ0) is 11.4. The van der Waals surface area contributed by atoms with Gasteiger partial charge < -0.3 is 5.32 Å². The van der Waals surface area contributed by atoms with Crippen LogP contribution in [0, 0.1) is 6.92 Å². The molecule has 1 N–H and O–H groups in total. The number of hydrogen-bond donors (Lipinski definition) is 1. The molecule has 0 aromatic carbocycles. The Kier molecular flexibility index (Phi) is 3.19. The molecule has 2 rings (SSSR count). The maximum atomic E-state index is 4.32. The second kappa shape index (κ2) is 4.79. The summed E-state index contributed by atoms with van der Waals surface area (Å²) in [6.07, 6.45) is 5.70. The minimum Gasteiger partial charge on any atom is -0.370 e. The van der Waals surface area contributed by atoms with E-state index in [0.29, 0.717) is 0 Å². The summed E-state index contributed by atoms with van der Waals surface area (Å²) in [5.41, 5.74) is 2.33. The molecule has 4 nitrogen and oxygen atoms in total. The van der Waals surface area contributed by atoms with Gasteiger partial charge in [-0.3, -0.25) is 4.68 Å². The van der Waals surface area contributed by atoms with Crippen LogP contribution in [0.25, 0.3) is 0 Å². The zero-order valence-electron chi connectivity index (χ0n) is 9.64. The lowest BCUT2D eigenvalue weighted by molar-refractivity contribution is 0.685. The minimum atomic E-state index is 0.754. The molecule has 4 heteroatoms. The average molecular weight is 216 g/mol. The molecular formula is C12H16N4. The summed E-state index contributed by atoms with van der Waals surface area (Å²) in [6, 6.07) is 4.02. The van der Waals surface area contributed by atoms with Gasteiger partial charge in [0.15, 0.2) is 0 Å². The lowest BCUT2D eigenvalue weighted by Crippen LogP contribution is -2.07. The first-order valence-corrected chi connectivity index (χ1v) is 5.46. The molecule has 0 radical (unpaired) electrons. The van der Waals surface area contributed by atoms with Gasteiger partial charge in [0.25, 0.3) is 0 Å². The Balaban J connectivity index is 2.20. The van der Waals surface area contributed by atoms with Crippen molar-refractivity contribution in [1.29, 1.82) is 0 Å². The molecule has 16 heavy (non-hydrogen) atoms. The first kappa shape index (κ1) is 10.7. The Hall–Kier alpha value is -1.84. The summed E-state index contributed by atoms with van der Waals surface area (Å²) in [5, 5.41) is 7.52. The second-order valence-corrected chi connectivity index (χ2v) is 3.76. The van der Waals surface area contributed by atoms with Crippen molar-refractivity contribution in [3.63, 3.8) is 0 Å². The van der Waals surface area contributed by atoms with Gasteiger partial charge in [-0.25, -0.2) is 4.98 Å². The number of aryl methyl sites for hydroxylation is 1. The highest BCUT2D eigenvalue weighted by Gasteiger charge is 2.03. The topological polar surface area (TPSA) is 42.7 Å². The van der Waals surface area contributed by atoms with Crippen molar-refractivity contribution in [3.8, 4) is 0 Å². The molecule has 0 saturated carbocycles. The van der Waals surface area contributed by atoms with Gasteiger partial charge in [0.1, 0.15) is 5.82 Å². The van der Waals surface area contributed by atoms with Crippen LogP contribution in [0.5, 0.6) is 0 Å². The summed E-state index contributed by atoms with van der Waals surface area (Å²) in [4.78, 5) is 4.32. The zero-order valence-corrected chi connectivity index (χ0v) is 9.64. The van der Waals surface area contributed by atoms with E-state index in [9.17, 15) is 0 Å². The molecule has 0 aliphatic rings. The predicted molar refractivity (Wildman–Crippen MR) is 64.5 cm³/mol. The maximum absolute atomic E-state index is 4.32. The number of rotatable bonds is 4. The molecule has 0 aliphatic heterocycles. The summed E-state index contributed by atoms with van der Waals surface area (Å²) in [5.74, 6) is 0.943. The summed E-state index contributed by atoms with van der Waals surface area (Å²) in [7, 11) is 0. The third-order valence-electron chi connectivity index (χ3n) is 2.33. The molecule has 0 saturated heterocycles. The van der Waals surface area contributed by atoms with Crippen LogP contribution in [0.1, 0.15) is 18.1 Å². The lowest BCUT2D eigenvalue weighted by Gasteiger charge is -2.09. The monoisotopic (exact) mass is 216 g/mol. The van der Waals surface area contributed by atoms with Gasteiger partial charge in [-0.15, -0.1) is 0 Å². The van der Waals surface area contributed by atoms with Crippen LogP contribution in [-0.4, -0.2) is 21.3 Å². The Morgan fingerprint density at radius 3 is 3.00 bits per heavy atom. The largest absolute Gasteiger partial charge is 0.370 e. The van der Waals surface area contributed by atoms with E-state index in [1.54, 1.807) is 6.20 Å². The van der Waals surface area contributed by atoms with E-state index in [4.69, 9.17) is 0 Å². The van der Waals surface area contributed by atoms with Gasteiger partial charge in [-0.2, -0.15) is 5.10 Å². The average Bonchev–Trinajstić information content (AvgIpc) is 2.67. The SMILES string of the molecule is CCNc1ncccc1Cn1cc(C)cn1. The smallest absolute Gasteiger partial charge is 0.130 e. The Morgan fingerprint density at radius 1 is 1.44 bits per heavy atom. The van der Waals surface area contributed by atoms with Gasteiger partial charge in [-0.05, 0) is 25.5 Å². The van der Waals surface area contributed by atoms with Crippen molar-refractivity contribution in [2.75, 3.05) is 11.9 Å². The molecule has 2 aromatic heterocycles. The normalized spacial score (nSPS) is 10.4. The van der Waals surface area contributed by atoms with E-state index in [1.165, 1.54) is 5.56 Å². The maximum Gasteiger partial charge on any atom is 0.130 e. The van der Waals surface area contributed by atoms with Crippen LogP contribution in [-0.2, 0) is 6.54 Å². The van der Waals surface area contributed by atoms with Crippen molar-refractivity contribution in [3.05, 3.63) is 41.9 Å². The van der Waals surface area contributed by atoms with Crippen LogP contribution < -0.4 is 5.32 Å². The highest BCUT2D eigenvalue weighted by molar-refractivity contribution is 5.43. The molecule has 84 valence electrons. The van der Waals surface area contributed by atoms with E-state index in [2.05, 4.69) is 28.4 Å². The number of nitrogens with zero attached hydrogens (tertiary/aromatic N) is 3. The quantitative estimate of drug-likeness (QED) is 0.850. The van der Waals surface area contributed by atoms with Gasteiger partial charge in [0.2, 0.25) is 0 Å². The molecule has 2 heterocycles. The highest BCUT2D eigenvalue weighted by atomic mass is 15.3. The highest BCUT2D eigenvalue weighted by Crippen LogP contribution is 2.12. The van der Waals surface area contributed by atoms with Crippen LogP contribution in [0.15, 0.2) is 30.7 Å². The number of anilines is 1. The van der Waals surface area contributed by atoms with Crippen LogP contribution >= 0.6 is 0 Å². The molecule has 0 aliphatic carbocycles. The van der Waals surface area contributed by atoms with Crippen molar-refractivity contribution in [2.45, 2.75) is 20.4 Å². The summed E-state index contributed by atoms with van der Waals surface area (Å²) >= 11 is 0. The molecule has 0 bridgehead atoms. The molecular weight excluding hydrogens is 200 g/mol. The Morgan fingerprint density at radius 2 is 2.31 bits per heavy atom. The lowest BCUT2D eigenvalue weighted by atomic mass is 10.2. The predicted octanol–water partition coefficient (Wildman–Crippen LogP) is 2.07. The van der Waals surface area contributed by atoms with Crippen molar-refractivity contribution in [2.24, 2.45) is 0 Å². The molecule has 0 atom stereocenters. The summed E-state index contributed by atoms with van der Waals surface area (Å²) < 4.78 is 1.92. The Bertz CT molecular complexity index is 462. The molecule has 0 spiro atoms. The van der Waals surface area contributed by atoms with Crippen LogP contribution in [0.4, 0.5) is 5.82 Å². The third-order valence-corrected chi connectivity index (χ3v) is 2.33. The molecule has 0 fully saturated rings. The molecule has 2 aromatic rings. The van der Waals surface area contributed by atoms with E-state index in [0.717, 1.165) is 24.5 Å². The van der Waals surface area contributed by atoms with Crippen molar-refractivity contribution >= 4 is 5.82 Å². The first-order chi connectivity index (χ1) is 7.79. The van der Waals surface area contributed by atoms with Gasteiger partial charge in [0.05, 0.1) is 12.7 Å². The van der Waals surface area contributed by atoms with Gasteiger partial charge in [0, 0.05) is 24.5 Å². The fourth-order valence-corrected chi connectivity index (χ4v) is 1.62. The fourth-order valence-electron chi connectivity index (χ4n) is 1.62. The third kappa shape index (κ3) is 2.39. The van der Waals surface area contributed by atoms with Gasteiger partial charge >= 0.3 is 0 Å². The van der Waals surface area contributed by atoms with Crippen molar-refractivity contribution in [1.82, 2.24) is 14.8 Å². The summed E-state index contributed by atoms with van der Waals surface area (Å²) in [6.45, 7) is 5.74. The Labute approximate surface area is 95.3 Å². The van der Waals surface area contributed by atoms with E-state index in [1.807, 2.05) is 30.1 Å². The van der Waals surface area contributed by atoms with E-state index < -0.39 is 0 Å². The van der Waals surface area contributed by atoms with E-state index >= 15 is 0 Å². The number of nitrogens with one attached hydrogen (secondary N) is 1. The fraction of sp³-hybridized carbons (Fsp3) is 0.333. The first-order valence-electron chi connectivity index (χ1n) is 5.46. The standard InChI is InChI=1S/C12H16N4/c1-3-13-12-11(5-4-6-14-12)9-16-8-10(2)7-15-16/h4-8H,3,9H2,1-2H3,(H,13,14). The number of hydrogen-bond acceptors (Lipinski definition) is 3. The van der Waals surface area contributed by atoms with Crippen LogP contribution in [0.2, 0.25) is 0 Å².